The predicted molar refractivity (Wildman–Crippen MR) is 87.6 cm³/mol. The molecule has 1 saturated heterocycles. The highest BCUT2D eigenvalue weighted by atomic mass is 19.1. The quantitative estimate of drug-likeness (QED) is 0.785. The van der Waals surface area contributed by atoms with E-state index in [1.165, 1.54) is 6.92 Å². The van der Waals surface area contributed by atoms with Gasteiger partial charge in [-0.05, 0) is 24.5 Å². The first-order valence-electron chi connectivity index (χ1n) is 7.66. The van der Waals surface area contributed by atoms with Gasteiger partial charge in [0.1, 0.15) is 11.5 Å². The van der Waals surface area contributed by atoms with Crippen molar-refractivity contribution < 1.29 is 9.18 Å². The highest BCUT2D eigenvalue weighted by Crippen LogP contribution is 2.34. The lowest BCUT2D eigenvalue weighted by atomic mass is 10.0. The average molecular weight is 302 g/mol. The molecule has 0 aliphatic carbocycles. The number of carbonyl (C=O) groups excluding carboxylic acids is 1. The van der Waals surface area contributed by atoms with Gasteiger partial charge in [-0.2, -0.15) is 0 Å². The molecule has 1 aliphatic rings. The fourth-order valence-corrected chi connectivity index (χ4v) is 2.78. The maximum atomic E-state index is 14.5. The third-order valence-electron chi connectivity index (χ3n) is 4.22. The molecule has 4 heteroatoms. The van der Waals surface area contributed by atoms with E-state index >= 15 is 0 Å². The van der Waals surface area contributed by atoms with Crippen LogP contribution in [0.5, 0.6) is 0 Å². The van der Waals surface area contributed by atoms with Gasteiger partial charge < -0.3 is 4.90 Å². The van der Waals surface area contributed by atoms with Crippen LogP contribution >= 0.6 is 0 Å². The first-order valence-corrected chi connectivity index (χ1v) is 7.66. The minimum atomic E-state index is -1.14. The fourth-order valence-electron chi connectivity index (χ4n) is 2.78. The van der Waals surface area contributed by atoms with Crippen molar-refractivity contribution in [3.8, 4) is 0 Å². The third kappa shape index (κ3) is 3.26. The normalized spacial score (nSPS) is 24.6. The maximum absolute atomic E-state index is 14.5. The van der Waals surface area contributed by atoms with Gasteiger partial charge in [-0.25, -0.2) is 9.38 Å². The van der Waals surface area contributed by atoms with E-state index in [0.29, 0.717) is 18.0 Å². The summed E-state index contributed by atoms with van der Waals surface area (Å²) in [5, 5.41) is 0. The molecule has 22 heavy (non-hydrogen) atoms. The van der Waals surface area contributed by atoms with Gasteiger partial charge in [0.25, 0.3) is 0 Å². The second kappa shape index (κ2) is 6.86. The van der Waals surface area contributed by atoms with Gasteiger partial charge in [-0.3, -0.25) is 4.79 Å². The van der Waals surface area contributed by atoms with Crippen LogP contribution in [-0.4, -0.2) is 29.7 Å². The molecule has 0 radical (unpaired) electrons. The van der Waals surface area contributed by atoms with Crippen LogP contribution in [0.15, 0.2) is 46.6 Å². The summed E-state index contributed by atoms with van der Waals surface area (Å²) in [5.41, 5.74) is 2.35. The molecule has 0 N–H and O–H groups in total. The van der Waals surface area contributed by atoms with Gasteiger partial charge in [0, 0.05) is 20.4 Å². The lowest BCUT2D eigenvalue weighted by Gasteiger charge is -2.22. The van der Waals surface area contributed by atoms with E-state index in [-0.39, 0.29) is 11.8 Å². The van der Waals surface area contributed by atoms with Crippen LogP contribution in [0.2, 0.25) is 0 Å². The summed E-state index contributed by atoms with van der Waals surface area (Å²) in [6, 6.07) is 9.80. The molecule has 2 unspecified atom stereocenters. The van der Waals surface area contributed by atoms with Crippen LogP contribution in [0.25, 0.3) is 0 Å². The zero-order valence-electron chi connectivity index (χ0n) is 13.6. The van der Waals surface area contributed by atoms with Crippen LogP contribution in [0.4, 0.5) is 4.39 Å². The summed E-state index contributed by atoms with van der Waals surface area (Å²) < 4.78 is 14.5. The fraction of sp³-hybridized carbons (Fsp3) is 0.444. The average Bonchev–Trinajstić information content (AvgIpc) is 2.79. The minimum Gasteiger partial charge on any atom is -0.353 e. The van der Waals surface area contributed by atoms with Crippen LogP contribution in [-0.2, 0) is 4.79 Å². The van der Waals surface area contributed by atoms with E-state index in [1.807, 2.05) is 56.1 Å². The molecule has 3 nitrogen and oxygen atoms in total. The summed E-state index contributed by atoms with van der Waals surface area (Å²) in [6.45, 7) is 5.32. The predicted octanol–water partition coefficient (Wildman–Crippen LogP) is 4.07. The highest BCUT2D eigenvalue weighted by Gasteiger charge is 2.36. The van der Waals surface area contributed by atoms with Crippen molar-refractivity contribution in [2.75, 3.05) is 7.05 Å². The van der Waals surface area contributed by atoms with E-state index in [4.69, 9.17) is 0 Å². The number of ketones is 1. The van der Waals surface area contributed by atoms with Gasteiger partial charge >= 0.3 is 0 Å². The minimum absolute atomic E-state index is 0.0370. The Morgan fingerprint density at radius 1 is 1.32 bits per heavy atom. The lowest BCUT2D eigenvalue weighted by Crippen LogP contribution is -2.26. The molecule has 2 atom stereocenters. The molecular formula is C18H23FN2O. The number of alkyl halides is 1. The Balaban J connectivity index is 2.36. The Kier molecular flexibility index (Phi) is 5.11. The highest BCUT2D eigenvalue weighted by molar-refractivity contribution is 5.99. The summed E-state index contributed by atoms with van der Waals surface area (Å²) >= 11 is 0. The molecule has 2 rings (SSSR count). The molecule has 1 fully saturated rings. The molecular weight excluding hydrogens is 279 g/mol. The SMILES string of the molecule is CC/C(C)=C(\N=C1C(F)CC(c2ccccc2)N1C)C(C)=O. The number of likely N-dealkylation sites (tertiary alicyclic amines) is 1. The molecule has 0 saturated carbocycles. The summed E-state index contributed by atoms with van der Waals surface area (Å²) in [4.78, 5) is 18.0. The lowest BCUT2D eigenvalue weighted by molar-refractivity contribution is -0.113. The van der Waals surface area contributed by atoms with E-state index < -0.39 is 6.17 Å². The van der Waals surface area contributed by atoms with Crippen molar-refractivity contribution in [3.05, 3.63) is 47.2 Å². The topological polar surface area (TPSA) is 32.7 Å². The van der Waals surface area contributed by atoms with Crippen molar-refractivity contribution in [3.63, 3.8) is 0 Å². The van der Waals surface area contributed by atoms with Crippen LogP contribution in [0.3, 0.4) is 0 Å². The van der Waals surface area contributed by atoms with Gasteiger partial charge in [0.15, 0.2) is 12.0 Å². The standard InChI is InChI=1S/C18H23FN2O/c1-5-12(2)17(13(3)22)20-18-15(19)11-16(21(18)4)14-9-7-6-8-10-14/h6-10,15-16H,5,11H2,1-4H3/b17-12-,20-18?. The van der Waals surface area contributed by atoms with Gasteiger partial charge in [-0.15, -0.1) is 0 Å². The molecule has 0 aromatic heterocycles. The van der Waals surface area contributed by atoms with Crippen LogP contribution in [0, 0.1) is 0 Å². The number of amidine groups is 1. The molecule has 118 valence electrons. The molecule has 1 aliphatic heterocycles. The number of nitrogens with zero attached hydrogens (tertiary/aromatic N) is 2. The summed E-state index contributed by atoms with van der Waals surface area (Å²) in [5.74, 6) is 0.238. The van der Waals surface area contributed by atoms with E-state index in [0.717, 1.165) is 17.6 Å². The molecule has 0 amide bonds. The molecule has 0 spiro atoms. The van der Waals surface area contributed by atoms with Gasteiger partial charge in [0.2, 0.25) is 0 Å². The zero-order chi connectivity index (χ0) is 16.3. The zero-order valence-corrected chi connectivity index (χ0v) is 13.6. The third-order valence-corrected chi connectivity index (χ3v) is 4.22. The van der Waals surface area contributed by atoms with E-state index in [1.54, 1.807) is 0 Å². The summed E-state index contributed by atoms with van der Waals surface area (Å²) in [7, 11) is 1.84. The number of allylic oxidation sites excluding steroid dienone is 2. The number of carbonyl (C=O) groups is 1. The molecule has 1 aromatic rings. The number of Topliss-reactive ketones (excluding diaryl/α,β-unsaturated/α-hetero) is 1. The first kappa shape index (κ1) is 16.4. The largest absolute Gasteiger partial charge is 0.353 e. The van der Waals surface area contributed by atoms with Crippen LogP contribution in [0.1, 0.15) is 45.2 Å². The second-order valence-electron chi connectivity index (χ2n) is 5.75. The van der Waals surface area contributed by atoms with Crippen molar-refractivity contribution in [1.29, 1.82) is 0 Å². The number of aliphatic imine (C=N–C) groups is 1. The Morgan fingerprint density at radius 2 is 1.95 bits per heavy atom. The molecule has 1 heterocycles. The van der Waals surface area contributed by atoms with Crippen molar-refractivity contribution in [2.45, 2.75) is 45.8 Å². The van der Waals surface area contributed by atoms with Crippen LogP contribution < -0.4 is 0 Å². The number of hydrogen-bond donors (Lipinski definition) is 0. The smallest absolute Gasteiger partial charge is 0.178 e. The van der Waals surface area contributed by atoms with Gasteiger partial charge in [-0.1, -0.05) is 37.3 Å². The first-order chi connectivity index (χ1) is 10.5. The Labute approximate surface area is 131 Å². The van der Waals surface area contributed by atoms with Crippen molar-refractivity contribution in [2.24, 2.45) is 4.99 Å². The number of rotatable bonds is 4. The monoisotopic (exact) mass is 302 g/mol. The van der Waals surface area contributed by atoms with Gasteiger partial charge in [0.05, 0.1) is 6.04 Å². The van der Waals surface area contributed by atoms with E-state index in [2.05, 4.69) is 4.99 Å². The number of benzene rings is 1. The number of halogens is 1. The second-order valence-corrected chi connectivity index (χ2v) is 5.75. The molecule has 0 bridgehead atoms. The van der Waals surface area contributed by atoms with Crippen molar-refractivity contribution >= 4 is 11.6 Å². The molecule has 1 aromatic carbocycles. The number of hydrogen-bond acceptors (Lipinski definition) is 2. The summed E-state index contributed by atoms with van der Waals surface area (Å²) in [6.07, 6.45) is -0.0429. The van der Waals surface area contributed by atoms with Crippen molar-refractivity contribution in [1.82, 2.24) is 4.90 Å². The maximum Gasteiger partial charge on any atom is 0.178 e. The Bertz CT molecular complexity index is 607. The Hall–Kier alpha value is -1.97. The Morgan fingerprint density at radius 3 is 2.50 bits per heavy atom. The van der Waals surface area contributed by atoms with E-state index in [9.17, 15) is 9.18 Å².